The summed E-state index contributed by atoms with van der Waals surface area (Å²) < 4.78 is 6.14. The first kappa shape index (κ1) is 19.1. The number of nitrogens with zero attached hydrogens (tertiary/aromatic N) is 3. The van der Waals surface area contributed by atoms with E-state index < -0.39 is 0 Å². The summed E-state index contributed by atoms with van der Waals surface area (Å²) >= 11 is 0. The van der Waals surface area contributed by atoms with Gasteiger partial charge in [-0.25, -0.2) is 9.97 Å². The van der Waals surface area contributed by atoms with E-state index in [9.17, 15) is 4.79 Å². The van der Waals surface area contributed by atoms with E-state index in [0.717, 1.165) is 23.2 Å². The van der Waals surface area contributed by atoms with Crippen LogP contribution >= 0.6 is 0 Å². The average molecular weight is 388 g/mol. The molecule has 0 bridgehead atoms. The van der Waals surface area contributed by atoms with Gasteiger partial charge in [0.2, 0.25) is 5.91 Å². The van der Waals surface area contributed by atoms with Crippen molar-refractivity contribution in [2.24, 2.45) is 5.92 Å². The summed E-state index contributed by atoms with van der Waals surface area (Å²) in [5.74, 6) is 1.18. The number of hydrogen-bond donors (Lipinski definition) is 1. The normalized spacial score (nSPS) is 20.2. The number of rotatable bonds is 6. The van der Waals surface area contributed by atoms with Gasteiger partial charge in [0.15, 0.2) is 5.75 Å². The van der Waals surface area contributed by atoms with Gasteiger partial charge >= 0.3 is 0 Å². The molecule has 29 heavy (non-hydrogen) atoms. The smallest absolute Gasteiger partial charge is 0.228 e. The highest BCUT2D eigenvalue weighted by Gasteiger charge is 2.60. The zero-order valence-electron chi connectivity index (χ0n) is 16.8. The van der Waals surface area contributed by atoms with E-state index in [-0.39, 0.29) is 17.2 Å². The third-order valence-corrected chi connectivity index (χ3v) is 5.54. The molecular formula is C23H24N4O2. The second-order valence-electron chi connectivity index (χ2n) is 7.61. The summed E-state index contributed by atoms with van der Waals surface area (Å²) in [6.45, 7) is 6.23. The first-order chi connectivity index (χ1) is 14.0. The average Bonchev–Trinajstić information content (AvgIpc) is 3.44. The molecule has 0 saturated heterocycles. The van der Waals surface area contributed by atoms with Crippen molar-refractivity contribution in [1.82, 2.24) is 15.0 Å². The molecule has 0 spiro atoms. The van der Waals surface area contributed by atoms with E-state index in [1.807, 2.05) is 32.0 Å². The number of hydrogen-bond acceptors (Lipinski definition) is 5. The van der Waals surface area contributed by atoms with E-state index in [4.69, 9.17) is 4.74 Å². The highest BCUT2D eigenvalue weighted by Crippen LogP contribution is 2.55. The predicted molar refractivity (Wildman–Crippen MR) is 111 cm³/mol. The molecule has 6 nitrogen and oxygen atoms in total. The Kier molecular flexibility index (Phi) is 5.01. The molecule has 1 aliphatic rings. The maximum absolute atomic E-state index is 13.0. The number of anilines is 1. The number of carbonyl (C=O) groups is 1. The van der Waals surface area contributed by atoms with Crippen molar-refractivity contribution >= 4 is 11.6 Å². The van der Waals surface area contributed by atoms with Crippen molar-refractivity contribution in [1.29, 1.82) is 0 Å². The summed E-state index contributed by atoms with van der Waals surface area (Å²) in [6.07, 6.45) is 5.77. The van der Waals surface area contributed by atoms with Crippen molar-refractivity contribution in [3.05, 3.63) is 77.6 Å². The maximum atomic E-state index is 13.0. The lowest BCUT2D eigenvalue weighted by Crippen LogP contribution is -2.27. The van der Waals surface area contributed by atoms with Crippen LogP contribution < -0.4 is 10.1 Å². The summed E-state index contributed by atoms with van der Waals surface area (Å²) in [5, 5.41) is 2.98. The Morgan fingerprint density at radius 3 is 2.72 bits per heavy atom. The van der Waals surface area contributed by atoms with E-state index >= 15 is 0 Å². The first-order valence-corrected chi connectivity index (χ1v) is 9.70. The molecule has 2 aromatic heterocycles. The Morgan fingerprint density at radius 2 is 2.00 bits per heavy atom. The van der Waals surface area contributed by atoms with Crippen molar-refractivity contribution in [3.8, 4) is 5.75 Å². The van der Waals surface area contributed by atoms with Gasteiger partial charge in [0.25, 0.3) is 0 Å². The van der Waals surface area contributed by atoms with Crippen molar-refractivity contribution in [2.45, 2.75) is 32.6 Å². The summed E-state index contributed by atoms with van der Waals surface area (Å²) in [5.41, 5.74) is 3.44. The van der Waals surface area contributed by atoms with Gasteiger partial charge in [-0.3, -0.25) is 9.78 Å². The molecule has 2 atom stereocenters. The molecule has 1 aromatic carbocycles. The Morgan fingerprint density at radius 1 is 1.17 bits per heavy atom. The Hall–Kier alpha value is -3.28. The van der Waals surface area contributed by atoms with Crippen LogP contribution in [0.4, 0.5) is 5.69 Å². The van der Waals surface area contributed by atoms with Crippen LogP contribution in [0.25, 0.3) is 0 Å². The minimum absolute atomic E-state index is 0.0123. The van der Waals surface area contributed by atoms with E-state index in [1.165, 1.54) is 0 Å². The highest BCUT2D eigenvalue weighted by atomic mass is 16.5. The Labute approximate surface area is 170 Å². The van der Waals surface area contributed by atoms with Crippen molar-refractivity contribution in [3.63, 3.8) is 0 Å². The maximum Gasteiger partial charge on any atom is 0.228 e. The largest absolute Gasteiger partial charge is 0.489 e. The summed E-state index contributed by atoms with van der Waals surface area (Å²) in [6, 6.07) is 11.8. The lowest BCUT2D eigenvalue weighted by molar-refractivity contribution is -0.117. The lowest BCUT2D eigenvalue weighted by atomic mass is 9.90. The monoisotopic (exact) mass is 388 g/mol. The van der Waals surface area contributed by atoms with Gasteiger partial charge in [-0.2, -0.15) is 0 Å². The molecule has 6 heteroatoms. The molecular weight excluding hydrogens is 364 g/mol. The Bertz CT molecular complexity index is 1040. The summed E-state index contributed by atoms with van der Waals surface area (Å²) in [7, 11) is 0. The molecule has 2 unspecified atom stereocenters. The molecule has 0 aliphatic heterocycles. The molecule has 4 rings (SSSR count). The summed E-state index contributed by atoms with van der Waals surface area (Å²) in [4.78, 5) is 25.7. The number of amides is 1. The van der Waals surface area contributed by atoms with E-state index in [2.05, 4.69) is 39.3 Å². The second-order valence-corrected chi connectivity index (χ2v) is 7.61. The zero-order chi connectivity index (χ0) is 20.4. The molecule has 3 aromatic rings. The SMILES string of the molecule is Cc1ncc(OCC2(c3ccccc3C)CC2C(=O)Nc2cccnc2)c(C)n1. The molecule has 1 aliphatic carbocycles. The second kappa shape index (κ2) is 7.62. The fourth-order valence-corrected chi connectivity index (χ4v) is 3.90. The number of aryl methyl sites for hydroxylation is 3. The van der Waals surface area contributed by atoms with Gasteiger partial charge in [-0.1, -0.05) is 24.3 Å². The van der Waals surface area contributed by atoms with Gasteiger partial charge in [-0.05, 0) is 50.5 Å². The number of nitrogens with one attached hydrogen (secondary N) is 1. The van der Waals surface area contributed by atoms with Gasteiger partial charge in [0.05, 0.1) is 36.3 Å². The zero-order valence-corrected chi connectivity index (χ0v) is 16.8. The number of ether oxygens (including phenoxy) is 1. The molecule has 148 valence electrons. The van der Waals surface area contributed by atoms with Crippen LogP contribution in [0.1, 0.15) is 29.1 Å². The van der Waals surface area contributed by atoms with Gasteiger partial charge in [0, 0.05) is 11.6 Å². The van der Waals surface area contributed by atoms with Crippen LogP contribution in [-0.4, -0.2) is 27.5 Å². The van der Waals surface area contributed by atoms with Crippen molar-refractivity contribution < 1.29 is 9.53 Å². The Balaban J connectivity index is 1.58. The highest BCUT2D eigenvalue weighted by molar-refractivity contribution is 5.96. The number of aromatic nitrogens is 3. The fraction of sp³-hybridized carbons (Fsp3) is 0.304. The molecule has 2 heterocycles. The van der Waals surface area contributed by atoms with Crippen LogP contribution in [-0.2, 0) is 10.2 Å². The standard InChI is InChI=1S/C23H24N4O2/c1-15-7-4-5-9-19(15)23(14-29-21-13-25-17(3)26-16(21)2)11-20(23)22(28)27-18-8-6-10-24-12-18/h4-10,12-13,20H,11,14H2,1-3H3,(H,27,28). The van der Waals surface area contributed by atoms with E-state index in [1.54, 1.807) is 24.7 Å². The van der Waals surface area contributed by atoms with Crippen LogP contribution in [0.3, 0.4) is 0 Å². The first-order valence-electron chi connectivity index (χ1n) is 9.70. The lowest BCUT2D eigenvalue weighted by Gasteiger charge is -2.21. The molecule has 1 N–H and O–H groups in total. The van der Waals surface area contributed by atoms with E-state index in [0.29, 0.717) is 23.9 Å². The number of benzene rings is 1. The molecule has 1 fully saturated rings. The molecule has 1 amide bonds. The third-order valence-electron chi connectivity index (χ3n) is 5.54. The van der Waals surface area contributed by atoms with Crippen LogP contribution in [0.5, 0.6) is 5.75 Å². The van der Waals surface area contributed by atoms with Crippen LogP contribution in [0.2, 0.25) is 0 Å². The van der Waals surface area contributed by atoms with Gasteiger partial charge < -0.3 is 10.1 Å². The minimum Gasteiger partial charge on any atom is -0.489 e. The molecule has 1 saturated carbocycles. The van der Waals surface area contributed by atoms with Crippen LogP contribution in [0, 0.1) is 26.7 Å². The van der Waals surface area contributed by atoms with Crippen LogP contribution in [0.15, 0.2) is 55.0 Å². The fourth-order valence-electron chi connectivity index (χ4n) is 3.90. The van der Waals surface area contributed by atoms with Crippen molar-refractivity contribution in [2.75, 3.05) is 11.9 Å². The number of pyridine rings is 1. The topological polar surface area (TPSA) is 77.0 Å². The quantitative estimate of drug-likeness (QED) is 0.695. The predicted octanol–water partition coefficient (Wildman–Crippen LogP) is 3.77. The van der Waals surface area contributed by atoms with Gasteiger partial charge in [-0.15, -0.1) is 0 Å². The minimum atomic E-state index is -0.366. The molecule has 0 radical (unpaired) electrons. The third kappa shape index (κ3) is 3.83. The van der Waals surface area contributed by atoms with Gasteiger partial charge in [0.1, 0.15) is 5.82 Å². The number of carbonyl (C=O) groups excluding carboxylic acids is 1.